The monoisotopic (exact) mass is 376 g/mol. The van der Waals surface area contributed by atoms with Crippen molar-refractivity contribution in [1.82, 2.24) is 10.9 Å². The fraction of sp³-hybridized carbons (Fsp3) is 0.176. The van der Waals surface area contributed by atoms with Gasteiger partial charge in [0.15, 0.2) is 6.61 Å². The molecule has 2 N–H and O–H groups in total. The molecule has 0 aliphatic heterocycles. The van der Waals surface area contributed by atoms with Crippen molar-refractivity contribution in [2.45, 2.75) is 13.8 Å². The van der Waals surface area contributed by atoms with E-state index in [9.17, 15) is 9.59 Å². The summed E-state index contributed by atoms with van der Waals surface area (Å²) in [7, 11) is 0. The maximum Gasteiger partial charge on any atom is 0.276 e. The van der Waals surface area contributed by atoms with Gasteiger partial charge in [0.25, 0.3) is 11.8 Å². The number of halogens is 1. The van der Waals surface area contributed by atoms with Crippen LogP contribution in [0.15, 0.2) is 46.9 Å². The van der Waals surface area contributed by atoms with E-state index in [1.807, 2.05) is 38.1 Å². The van der Waals surface area contributed by atoms with Gasteiger partial charge in [-0.15, -0.1) is 0 Å². The number of ether oxygens (including phenoxy) is 1. The number of hydrogen-bond donors (Lipinski definition) is 2. The Hall–Kier alpha value is -2.34. The van der Waals surface area contributed by atoms with Crippen LogP contribution in [0.1, 0.15) is 21.5 Å². The van der Waals surface area contributed by atoms with Gasteiger partial charge in [-0.05, 0) is 49.2 Å². The second-order valence-electron chi connectivity index (χ2n) is 5.07. The van der Waals surface area contributed by atoms with Gasteiger partial charge < -0.3 is 4.74 Å². The van der Waals surface area contributed by atoms with E-state index in [4.69, 9.17) is 4.74 Å². The minimum Gasteiger partial charge on any atom is -0.484 e. The molecule has 0 aliphatic rings. The number of benzene rings is 2. The molecule has 2 aromatic carbocycles. The molecule has 0 heterocycles. The molecule has 0 saturated heterocycles. The molecule has 0 aromatic heterocycles. The highest BCUT2D eigenvalue weighted by Gasteiger charge is 2.09. The van der Waals surface area contributed by atoms with Crippen LogP contribution in [0.3, 0.4) is 0 Å². The molecular weight excluding hydrogens is 360 g/mol. The van der Waals surface area contributed by atoms with Crippen molar-refractivity contribution in [2.24, 2.45) is 0 Å². The van der Waals surface area contributed by atoms with Gasteiger partial charge >= 0.3 is 0 Å². The molecule has 0 saturated carbocycles. The highest BCUT2D eigenvalue weighted by molar-refractivity contribution is 9.10. The quantitative estimate of drug-likeness (QED) is 0.806. The Kier molecular flexibility index (Phi) is 5.76. The van der Waals surface area contributed by atoms with Gasteiger partial charge in [0.1, 0.15) is 5.75 Å². The number of hydrogen-bond acceptors (Lipinski definition) is 3. The van der Waals surface area contributed by atoms with E-state index >= 15 is 0 Å². The van der Waals surface area contributed by atoms with Crippen molar-refractivity contribution in [1.29, 1.82) is 0 Å². The van der Waals surface area contributed by atoms with Gasteiger partial charge in [0.2, 0.25) is 0 Å². The Labute approximate surface area is 143 Å². The van der Waals surface area contributed by atoms with E-state index < -0.39 is 11.8 Å². The summed E-state index contributed by atoms with van der Waals surface area (Å²) in [5, 5.41) is 0. The second kappa shape index (κ2) is 7.78. The Morgan fingerprint density at radius 2 is 1.87 bits per heavy atom. The van der Waals surface area contributed by atoms with Crippen LogP contribution >= 0.6 is 15.9 Å². The summed E-state index contributed by atoms with van der Waals surface area (Å²) in [6, 6.07) is 12.6. The van der Waals surface area contributed by atoms with Gasteiger partial charge in [0.05, 0.1) is 0 Å². The van der Waals surface area contributed by atoms with Crippen LogP contribution in [0.4, 0.5) is 0 Å². The van der Waals surface area contributed by atoms with Crippen molar-refractivity contribution in [3.05, 3.63) is 63.6 Å². The van der Waals surface area contributed by atoms with E-state index in [0.717, 1.165) is 15.6 Å². The summed E-state index contributed by atoms with van der Waals surface area (Å²) >= 11 is 3.36. The predicted molar refractivity (Wildman–Crippen MR) is 91.2 cm³/mol. The molecule has 0 radical (unpaired) electrons. The highest BCUT2D eigenvalue weighted by Crippen LogP contribution is 2.17. The molecule has 23 heavy (non-hydrogen) atoms. The summed E-state index contributed by atoms with van der Waals surface area (Å²) < 4.78 is 6.18. The average molecular weight is 377 g/mol. The molecule has 0 spiro atoms. The molecule has 2 rings (SSSR count). The van der Waals surface area contributed by atoms with Gasteiger partial charge in [-0.2, -0.15) is 0 Å². The van der Waals surface area contributed by atoms with Gasteiger partial charge in [-0.3, -0.25) is 20.4 Å². The maximum absolute atomic E-state index is 11.9. The summed E-state index contributed by atoms with van der Waals surface area (Å²) in [6.45, 7) is 3.68. The van der Waals surface area contributed by atoms with Crippen LogP contribution in [-0.4, -0.2) is 18.4 Å². The van der Waals surface area contributed by atoms with Crippen molar-refractivity contribution in [3.8, 4) is 5.75 Å². The first-order chi connectivity index (χ1) is 11.0. The normalized spacial score (nSPS) is 10.0. The first kappa shape index (κ1) is 17.0. The Morgan fingerprint density at radius 1 is 1.09 bits per heavy atom. The van der Waals surface area contributed by atoms with Crippen molar-refractivity contribution in [3.63, 3.8) is 0 Å². The minimum absolute atomic E-state index is 0.179. The molecule has 0 aliphatic carbocycles. The lowest BCUT2D eigenvalue weighted by atomic mass is 10.1. The topological polar surface area (TPSA) is 67.4 Å². The Morgan fingerprint density at radius 3 is 2.57 bits per heavy atom. The molecule has 6 heteroatoms. The number of nitrogens with one attached hydrogen (secondary N) is 2. The van der Waals surface area contributed by atoms with E-state index in [0.29, 0.717) is 11.3 Å². The molecule has 0 atom stereocenters. The van der Waals surface area contributed by atoms with Gasteiger partial charge in [-0.1, -0.05) is 34.1 Å². The molecule has 0 bridgehead atoms. The van der Waals surface area contributed by atoms with E-state index in [1.54, 1.807) is 18.2 Å². The highest BCUT2D eigenvalue weighted by atomic mass is 79.9. The van der Waals surface area contributed by atoms with Crippen LogP contribution in [0.2, 0.25) is 0 Å². The first-order valence-corrected chi connectivity index (χ1v) is 7.80. The number of carbonyl (C=O) groups excluding carboxylic acids is 2. The molecule has 0 fully saturated rings. The maximum atomic E-state index is 11.9. The summed E-state index contributed by atoms with van der Waals surface area (Å²) in [5.41, 5.74) is 7.19. The zero-order chi connectivity index (χ0) is 16.8. The third-order valence-electron chi connectivity index (χ3n) is 3.11. The smallest absolute Gasteiger partial charge is 0.276 e. The summed E-state index contributed by atoms with van der Waals surface area (Å²) in [5.74, 6) is -0.227. The Bertz CT molecular complexity index is 732. The van der Waals surface area contributed by atoms with E-state index in [2.05, 4.69) is 26.8 Å². The number of hydrazine groups is 1. The number of amides is 2. The molecule has 5 nitrogen and oxygen atoms in total. The molecule has 120 valence electrons. The SMILES string of the molecule is Cc1cccc(OCC(=O)NNC(=O)c2ccc(C)c(Br)c2)c1. The van der Waals surface area contributed by atoms with Crippen LogP contribution in [0, 0.1) is 13.8 Å². The number of rotatable bonds is 4. The lowest BCUT2D eigenvalue weighted by Gasteiger charge is -2.09. The molecular formula is C17H17BrN2O3. The summed E-state index contributed by atoms with van der Waals surface area (Å²) in [4.78, 5) is 23.6. The largest absolute Gasteiger partial charge is 0.484 e. The minimum atomic E-state index is -0.439. The second-order valence-corrected chi connectivity index (χ2v) is 5.93. The molecule has 2 amide bonds. The zero-order valence-corrected chi connectivity index (χ0v) is 14.4. The zero-order valence-electron chi connectivity index (χ0n) is 12.9. The average Bonchev–Trinajstić information content (AvgIpc) is 2.53. The third-order valence-corrected chi connectivity index (χ3v) is 3.96. The van der Waals surface area contributed by atoms with E-state index in [-0.39, 0.29) is 6.61 Å². The first-order valence-electron chi connectivity index (χ1n) is 7.00. The third kappa shape index (κ3) is 5.10. The fourth-order valence-corrected chi connectivity index (χ4v) is 2.20. The number of aryl methyl sites for hydroxylation is 2. The van der Waals surface area contributed by atoms with E-state index in [1.165, 1.54) is 0 Å². The van der Waals surface area contributed by atoms with Crippen molar-refractivity contribution < 1.29 is 14.3 Å². The standard InChI is InChI=1S/C17H17BrN2O3/c1-11-4-3-5-14(8-11)23-10-16(21)19-20-17(22)13-7-6-12(2)15(18)9-13/h3-9H,10H2,1-2H3,(H,19,21)(H,20,22). The number of carbonyl (C=O) groups is 2. The fourth-order valence-electron chi connectivity index (χ4n) is 1.82. The summed E-state index contributed by atoms with van der Waals surface area (Å²) in [6.07, 6.45) is 0. The lowest BCUT2D eigenvalue weighted by Crippen LogP contribution is -2.43. The predicted octanol–water partition coefficient (Wildman–Crippen LogP) is 2.91. The Balaban J connectivity index is 1.81. The van der Waals surface area contributed by atoms with Crippen LogP contribution in [-0.2, 0) is 4.79 Å². The van der Waals surface area contributed by atoms with Crippen LogP contribution in [0.5, 0.6) is 5.75 Å². The van der Waals surface area contributed by atoms with Gasteiger partial charge in [0, 0.05) is 10.0 Å². The molecule has 2 aromatic rings. The van der Waals surface area contributed by atoms with Crippen molar-refractivity contribution in [2.75, 3.05) is 6.61 Å². The molecule has 0 unspecified atom stereocenters. The lowest BCUT2D eigenvalue weighted by molar-refractivity contribution is -0.123. The van der Waals surface area contributed by atoms with Gasteiger partial charge in [-0.25, -0.2) is 0 Å². The van der Waals surface area contributed by atoms with Crippen molar-refractivity contribution >= 4 is 27.7 Å². The van der Waals surface area contributed by atoms with Crippen LogP contribution in [0.25, 0.3) is 0 Å². The van der Waals surface area contributed by atoms with Crippen LogP contribution < -0.4 is 15.6 Å².